The topological polar surface area (TPSA) is 63.8 Å². The maximum Gasteiger partial charge on any atom is 0.233 e. The molecule has 0 spiro atoms. The lowest BCUT2D eigenvalue weighted by molar-refractivity contribution is 0.304. The minimum absolute atomic E-state index is 0.00988. The van der Waals surface area contributed by atoms with E-state index in [2.05, 4.69) is 27.4 Å². The number of rotatable bonds is 3. The molecule has 1 N–H and O–H groups in total. The molecule has 1 saturated heterocycles. The Morgan fingerprint density at radius 3 is 3.06 bits per heavy atom. The van der Waals surface area contributed by atoms with Crippen LogP contribution in [-0.4, -0.2) is 28.2 Å². The molecular weight excluding hydrogens is 248 g/mol. The Labute approximate surface area is 110 Å². The van der Waals surface area contributed by atoms with Crippen LogP contribution in [0.1, 0.15) is 35.8 Å². The molecule has 0 bridgehead atoms. The lowest BCUT2D eigenvalue weighted by Crippen LogP contribution is -2.25. The highest BCUT2D eigenvalue weighted by molar-refractivity contribution is 7.09. The van der Waals surface area contributed by atoms with Gasteiger partial charge in [-0.1, -0.05) is 5.16 Å². The maximum atomic E-state index is 5.41. The molecule has 3 rings (SSSR count). The standard InChI is InChI=1S/C12H16N4OS/c1-8-6-18-10(14-8)5-9-15-11(17-16-9)12(2)3-4-13-7-12/h6,13H,3-5,7H2,1-2H3. The summed E-state index contributed by atoms with van der Waals surface area (Å²) in [6.07, 6.45) is 1.70. The Kier molecular flexibility index (Phi) is 2.91. The van der Waals surface area contributed by atoms with Crippen molar-refractivity contribution in [2.45, 2.75) is 32.1 Å². The zero-order chi connectivity index (χ0) is 12.6. The number of nitrogens with zero attached hydrogens (tertiary/aromatic N) is 3. The molecule has 6 heteroatoms. The molecule has 0 amide bonds. The van der Waals surface area contributed by atoms with Gasteiger partial charge in [-0.15, -0.1) is 11.3 Å². The SMILES string of the molecule is Cc1csc(Cc2noc(C3(C)CCNC3)n2)n1. The van der Waals surface area contributed by atoms with Crippen molar-refractivity contribution in [2.75, 3.05) is 13.1 Å². The van der Waals surface area contributed by atoms with E-state index in [-0.39, 0.29) is 5.41 Å². The van der Waals surface area contributed by atoms with Gasteiger partial charge in [-0.25, -0.2) is 4.98 Å². The summed E-state index contributed by atoms with van der Waals surface area (Å²) < 4.78 is 5.41. The van der Waals surface area contributed by atoms with Gasteiger partial charge in [0.15, 0.2) is 5.82 Å². The fourth-order valence-corrected chi connectivity index (χ4v) is 2.96. The molecule has 1 unspecified atom stereocenters. The van der Waals surface area contributed by atoms with Crippen LogP contribution in [-0.2, 0) is 11.8 Å². The fraction of sp³-hybridized carbons (Fsp3) is 0.583. The molecule has 2 aromatic heterocycles. The molecule has 18 heavy (non-hydrogen) atoms. The molecule has 1 fully saturated rings. The molecule has 0 radical (unpaired) electrons. The minimum atomic E-state index is -0.00988. The van der Waals surface area contributed by atoms with Crippen molar-refractivity contribution in [1.82, 2.24) is 20.4 Å². The zero-order valence-electron chi connectivity index (χ0n) is 10.6. The average Bonchev–Trinajstić information content (AvgIpc) is 3.02. The van der Waals surface area contributed by atoms with Crippen LogP contribution in [0.4, 0.5) is 0 Å². The summed E-state index contributed by atoms with van der Waals surface area (Å²) in [4.78, 5) is 8.93. The summed E-state index contributed by atoms with van der Waals surface area (Å²) in [7, 11) is 0. The Bertz CT molecular complexity index is 542. The number of aryl methyl sites for hydroxylation is 1. The molecule has 2 aromatic rings. The highest BCUT2D eigenvalue weighted by Crippen LogP contribution is 2.28. The number of hydrogen-bond acceptors (Lipinski definition) is 6. The van der Waals surface area contributed by atoms with Crippen LogP contribution in [0.5, 0.6) is 0 Å². The van der Waals surface area contributed by atoms with Gasteiger partial charge in [0.2, 0.25) is 5.89 Å². The Hall–Kier alpha value is -1.27. The molecule has 1 aliphatic heterocycles. The van der Waals surface area contributed by atoms with Gasteiger partial charge in [0.25, 0.3) is 0 Å². The smallest absolute Gasteiger partial charge is 0.233 e. The fourth-order valence-electron chi connectivity index (χ4n) is 2.19. The van der Waals surface area contributed by atoms with E-state index in [0.717, 1.165) is 41.9 Å². The largest absolute Gasteiger partial charge is 0.339 e. The highest BCUT2D eigenvalue weighted by atomic mass is 32.1. The van der Waals surface area contributed by atoms with Gasteiger partial charge in [-0.05, 0) is 26.8 Å². The van der Waals surface area contributed by atoms with Crippen LogP contribution in [0.2, 0.25) is 0 Å². The molecule has 5 nitrogen and oxygen atoms in total. The molecule has 0 aromatic carbocycles. The molecule has 1 aliphatic rings. The quantitative estimate of drug-likeness (QED) is 0.913. The average molecular weight is 264 g/mol. The third-order valence-corrected chi connectivity index (χ3v) is 4.30. The van der Waals surface area contributed by atoms with Gasteiger partial charge in [0.1, 0.15) is 5.01 Å². The first-order chi connectivity index (χ1) is 8.66. The van der Waals surface area contributed by atoms with E-state index in [4.69, 9.17) is 4.52 Å². The van der Waals surface area contributed by atoms with Crippen molar-refractivity contribution in [2.24, 2.45) is 0 Å². The van der Waals surface area contributed by atoms with Crippen molar-refractivity contribution >= 4 is 11.3 Å². The first kappa shape index (κ1) is 11.8. The second kappa shape index (κ2) is 4.44. The summed E-state index contributed by atoms with van der Waals surface area (Å²) in [5.74, 6) is 1.48. The number of hydrogen-bond donors (Lipinski definition) is 1. The number of aromatic nitrogens is 3. The first-order valence-electron chi connectivity index (χ1n) is 6.10. The Morgan fingerprint density at radius 2 is 2.39 bits per heavy atom. The monoisotopic (exact) mass is 264 g/mol. The number of nitrogens with one attached hydrogen (secondary N) is 1. The van der Waals surface area contributed by atoms with Crippen molar-refractivity contribution < 1.29 is 4.52 Å². The minimum Gasteiger partial charge on any atom is -0.339 e. The summed E-state index contributed by atoms with van der Waals surface area (Å²) in [5, 5.41) is 10.5. The molecule has 0 saturated carbocycles. The van der Waals surface area contributed by atoms with Gasteiger partial charge in [-0.2, -0.15) is 4.98 Å². The van der Waals surface area contributed by atoms with E-state index < -0.39 is 0 Å². The maximum absolute atomic E-state index is 5.41. The van der Waals surface area contributed by atoms with Crippen molar-refractivity contribution in [3.05, 3.63) is 27.8 Å². The van der Waals surface area contributed by atoms with E-state index in [1.54, 1.807) is 11.3 Å². The third kappa shape index (κ3) is 2.18. The zero-order valence-corrected chi connectivity index (χ0v) is 11.4. The van der Waals surface area contributed by atoms with Gasteiger partial charge < -0.3 is 9.84 Å². The first-order valence-corrected chi connectivity index (χ1v) is 6.98. The van der Waals surface area contributed by atoms with Gasteiger partial charge >= 0.3 is 0 Å². The predicted molar refractivity (Wildman–Crippen MR) is 68.8 cm³/mol. The second-order valence-electron chi connectivity index (χ2n) is 5.06. The van der Waals surface area contributed by atoms with Gasteiger partial charge in [0, 0.05) is 17.6 Å². The summed E-state index contributed by atoms with van der Waals surface area (Å²) in [6.45, 7) is 6.08. The Balaban J connectivity index is 1.77. The second-order valence-corrected chi connectivity index (χ2v) is 6.01. The van der Waals surface area contributed by atoms with E-state index in [1.807, 2.05) is 12.3 Å². The van der Waals surface area contributed by atoms with E-state index in [0.29, 0.717) is 6.42 Å². The van der Waals surface area contributed by atoms with E-state index in [9.17, 15) is 0 Å². The normalized spacial score (nSPS) is 23.7. The highest BCUT2D eigenvalue weighted by Gasteiger charge is 2.36. The van der Waals surface area contributed by atoms with Crippen molar-refractivity contribution in [3.63, 3.8) is 0 Å². The van der Waals surface area contributed by atoms with Gasteiger partial charge in [0.05, 0.1) is 11.8 Å². The van der Waals surface area contributed by atoms with Crippen LogP contribution >= 0.6 is 11.3 Å². The third-order valence-electron chi connectivity index (χ3n) is 3.33. The molecule has 96 valence electrons. The Morgan fingerprint density at radius 1 is 1.50 bits per heavy atom. The lowest BCUT2D eigenvalue weighted by atomic mass is 9.90. The van der Waals surface area contributed by atoms with Crippen LogP contribution in [0.25, 0.3) is 0 Å². The van der Waals surface area contributed by atoms with E-state index in [1.165, 1.54) is 0 Å². The molecule has 3 heterocycles. The van der Waals surface area contributed by atoms with Crippen LogP contribution in [0.3, 0.4) is 0 Å². The van der Waals surface area contributed by atoms with Gasteiger partial charge in [-0.3, -0.25) is 0 Å². The van der Waals surface area contributed by atoms with Crippen molar-refractivity contribution in [3.8, 4) is 0 Å². The molecule has 1 atom stereocenters. The predicted octanol–water partition coefficient (Wildman–Crippen LogP) is 1.68. The lowest BCUT2D eigenvalue weighted by Gasteiger charge is -2.15. The van der Waals surface area contributed by atoms with Crippen LogP contribution in [0.15, 0.2) is 9.90 Å². The summed E-state index contributed by atoms with van der Waals surface area (Å²) >= 11 is 1.64. The summed E-state index contributed by atoms with van der Waals surface area (Å²) in [5.41, 5.74) is 1.04. The summed E-state index contributed by atoms with van der Waals surface area (Å²) in [6, 6.07) is 0. The number of thiazole rings is 1. The van der Waals surface area contributed by atoms with Crippen molar-refractivity contribution in [1.29, 1.82) is 0 Å². The van der Waals surface area contributed by atoms with Crippen LogP contribution in [0, 0.1) is 6.92 Å². The molecule has 0 aliphatic carbocycles. The van der Waals surface area contributed by atoms with Crippen LogP contribution < -0.4 is 5.32 Å². The molecular formula is C12H16N4OS. The van der Waals surface area contributed by atoms with E-state index >= 15 is 0 Å².